The minimum absolute atomic E-state index is 0.0287. The van der Waals surface area contributed by atoms with Crippen molar-refractivity contribution in [2.45, 2.75) is 20.4 Å². The summed E-state index contributed by atoms with van der Waals surface area (Å²) in [6, 6.07) is 1.89. The van der Waals surface area contributed by atoms with Crippen LogP contribution in [0.25, 0.3) is 0 Å². The fraction of sp³-hybridized carbons (Fsp3) is 0.357. The van der Waals surface area contributed by atoms with Gasteiger partial charge in [0.05, 0.1) is 17.3 Å². The molecule has 7 heteroatoms. The number of hydrogen-bond donors (Lipinski definition) is 1. The highest BCUT2D eigenvalue weighted by Gasteiger charge is 2.11. The molecule has 114 valence electrons. The number of rotatable bonds is 6. The van der Waals surface area contributed by atoms with Crippen LogP contribution in [-0.4, -0.2) is 18.1 Å². The Morgan fingerprint density at radius 1 is 1.29 bits per heavy atom. The molecule has 1 N–H and O–H groups in total. The Morgan fingerprint density at radius 3 is 2.62 bits per heavy atom. The van der Waals surface area contributed by atoms with Gasteiger partial charge in [0.2, 0.25) is 0 Å². The molecule has 2 aromatic rings. The summed E-state index contributed by atoms with van der Waals surface area (Å²) >= 11 is 7.38. The second kappa shape index (κ2) is 7.04. The Morgan fingerprint density at radius 2 is 2.00 bits per heavy atom. The average Bonchev–Trinajstić information content (AvgIpc) is 2.87. The highest BCUT2D eigenvalue weighted by Crippen LogP contribution is 2.28. The summed E-state index contributed by atoms with van der Waals surface area (Å²) in [5.41, 5.74) is 0.107. The Kier molecular flexibility index (Phi) is 5.36. The molecular formula is C14H16ClF2N3S. The van der Waals surface area contributed by atoms with Crippen molar-refractivity contribution in [3.05, 3.63) is 39.9 Å². The molecule has 0 atom stereocenters. The van der Waals surface area contributed by atoms with Crippen molar-refractivity contribution in [1.82, 2.24) is 4.98 Å². The molecule has 0 unspecified atom stereocenters. The van der Waals surface area contributed by atoms with Gasteiger partial charge >= 0.3 is 0 Å². The first-order valence-electron chi connectivity index (χ1n) is 6.63. The van der Waals surface area contributed by atoms with Gasteiger partial charge in [-0.25, -0.2) is 13.8 Å². The van der Waals surface area contributed by atoms with E-state index in [1.54, 1.807) is 6.20 Å². The van der Waals surface area contributed by atoms with Crippen molar-refractivity contribution in [2.24, 2.45) is 0 Å². The van der Waals surface area contributed by atoms with Crippen LogP contribution in [0.3, 0.4) is 0 Å². The van der Waals surface area contributed by atoms with Crippen molar-refractivity contribution in [3.63, 3.8) is 0 Å². The zero-order chi connectivity index (χ0) is 15.4. The van der Waals surface area contributed by atoms with E-state index in [4.69, 9.17) is 11.6 Å². The zero-order valence-corrected chi connectivity index (χ0v) is 13.4. The topological polar surface area (TPSA) is 28.2 Å². The summed E-state index contributed by atoms with van der Waals surface area (Å²) in [7, 11) is 0. The first-order valence-corrected chi connectivity index (χ1v) is 7.82. The third kappa shape index (κ3) is 3.83. The van der Waals surface area contributed by atoms with Gasteiger partial charge < -0.3 is 10.2 Å². The molecule has 3 nitrogen and oxygen atoms in total. The fourth-order valence-corrected chi connectivity index (χ4v) is 3.14. The molecule has 0 bridgehead atoms. The summed E-state index contributed by atoms with van der Waals surface area (Å²) in [5.74, 6) is -1.39. The van der Waals surface area contributed by atoms with Gasteiger partial charge in [0.15, 0.2) is 10.9 Å². The van der Waals surface area contributed by atoms with Crippen LogP contribution < -0.4 is 10.2 Å². The first-order chi connectivity index (χ1) is 10.0. The smallest absolute Gasteiger partial charge is 0.185 e. The van der Waals surface area contributed by atoms with E-state index in [0.717, 1.165) is 35.2 Å². The van der Waals surface area contributed by atoms with Crippen LogP contribution in [0.5, 0.6) is 0 Å². The van der Waals surface area contributed by atoms with Crippen molar-refractivity contribution in [1.29, 1.82) is 0 Å². The van der Waals surface area contributed by atoms with E-state index in [9.17, 15) is 8.78 Å². The van der Waals surface area contributed by atoms with E-state index < -0.39 is 11.6 Å². The van der Waals surface area contributed by atoms with Crippen molar-refractivity contribution in [3.8, 4) is 0 Å². The molecule has 1 aromatic heterocycles. The Bertz CT molecular complexity index is 591. The van der Waals surface area contributed by atoms with E-state index in [0.29, 0.717) is 6.54 Å². The molecule has 21 heavy (non-hydrogen) atoms. The lowest BCUT2D eigenvalue weighted by atomic mass is 10.3. The highest BCUT2D eigenvalue weighted by atomic mass is 35.5. The monoisotopic (exact) mass is 331 g/mol. The third-order valence-electron chi connectivity index (χ3n) is 3.02. The number of benzene rings is 1. The third-order valence-corrected chi connectivity index (χ3v) is 4.38. The molecule has 1 heterocycles. The van der Waals surface area contributed by atoms with Crippen LogP contribution in [0.2, 0.25) is 5.02 Å². The molecule has 1 aromatic carbocycles. The SMILES string of the molecule is CCN(CC)c1ncc(CNc2c(F)cc(F)cc2Cl)s1. The zero-order valence-electron chi connectivity index (χ0n) is 11.8. The maximum Gasteiger partial charge on any atom is 0.185 e. The number of nitrogens with one attached hydrogen (secondary N) is 1. The molecule has 0 fully saturated rings. The standard InChI is InChI=1S/C14H16ClF2N3S/c1-3-20(4-2)14-19-8-10(21-14)7-18-13-11(15)5-9(16)6-12(13)17/h5-6,8,18H,3-4,7H2,1-2H3. The molecule has 0 aliphatic rings. The van der Waals surface area contributed by atoms with Crippen molar-refractivity contribution in [2.75, 3.05) is 23.3 Å². The molecule has 0 aliphatic carbocycles. The fourth-order valence-electron chi connectivity index (χ4n) is 1.91. The molecule has 0 saturated carbocycles. The minimum atomic E-state index is -0.700. The van der Waals surface area contributed by atoms with Gasteiger partial charge in [0, 0.05) is 30.2 Å². The lowest BCUT2D eigenvalue weighted by molar-refractivity contribution is 0.585. The van der Waals surface area contributed by atoms with Gasteiger partial charge in [-0.2, -0.15) is 0 Å². The van der Waals surface area contributed by atoms with Crippen LogP contribution in [0.15, 0.2) is 18.3 Å². The molecule has 0 amide bonds. The largest absolute Gasteiger partial charge is 0.377 e. The number of hydrogen-bond acceptors (Lipinski definition) is 4. The minimum Gasteiger partial charge on any atom is -0.377 e. The van der Waals surface area contributed by atoms with Gasteiger partial charge in [-0.1, -0.05) is 11.6 Å². The van der Waals surface area contributed by atoms with Crippen LogP contribution >= 0.6 is 22.9 Å². The predicted molar refractivity (Wildman–Crippen MR) is 84.4 cm³/mol. The second-order valence-electron chi connectivity index (χ2n) is 4.38. The summed E-state index contributed by atoms with van der Waals surface area (Å²) < 4.78 is 26.6. The molecule has 0 spiro atoms. The van der Waals surface area contributed by atoms with E-state index in [2.05, 4.69) is 29.0 Å². The van der Waals surface area contributed by atoms with E-state index in [-0.39, 0.29) is 10.7 Å². The molecule has 0 saturated heterocycles. The molecular weight excluding hydrogens is 316 g/mol. The highest BCUT2D eigenvalue weighted by molar-refractivity contribution is 7.15. The normalized spacial score (nSPS) is 10.7. The molecule has 2 rings (SSSR count). The van der Waals surface area contributed by atoms with Gasteiger partial charge in [0.1, 0.15) is 5.82 Å². The molecule has 0 radical (unpaired) electrons. The number of anilines is 2. The Balaban J connectivity index is 2.07. The second-order valence-corrected chi connectivity index (χ2v) is 5.88. The predicted octanol–water partition coefficient (Wildman–Crippen LogP) is 4.53. The maximum absolute atomic E-state index is 13.6. The van der Waals surface area contributed by atoms with Crippen molar-refractivity contribution < 1.29 is 8.78 Å². The van der Waals surface area contributed by atoms with Crippen LogP contribution in [0, 0.1) is 11.6 Å². The van der Waals surface area contributed by atoms with Crippen LogP contribution in [0.1, 0.15) is 18.7 Å². The quantitative estimate of drug-likeness (QED) is 0.842. The van der Waals surface area contributed by atoms with Gasteiger partial charge in [0.25, 0.3) is 0 Å². The number of nitrogens with zero attached hydrogens (tertiary/aromatic N) is 2. The summed E-state index contributed by atoms with van der Waals surface area (Å²) in [4.78, 5) is 7.44. The van der Waals surface area contributed by atoms with Crippen LogP contribution in [-0.2, 0) is 6.54 Å². The Labute approximate surface area is 131 Å². The van der Waals surface area contributed by atoms with E-state index >= 15 is 0 Å². The first kappa shape index (κ1) is 16.0. The summed E-state index contributed by atoms with van der Waals surface area (Å²) in [6.45, 7) is 6.29. The van der Waals surface area contributed by atoms with Crippen molar-refractivity contribution >= 4 is 33.8 Å². The van der Waals surface area contributed by atoms with Gasteiger partial charge in [-0.05, 0) is 19.9 Å². The van der Waals surface area contributed by atoms with Crippen LogP contribution in [0.4, 0.5) is 19.6 Å². The lowest BCUT2D eigenvalue weighted by Crippen LogP contribution is -2.21. The number of aromatic nitrogens is 1. The molecule has 0 aliphatic heterocycles. The van der Waals surface area contributed by atoms with Gasteiger partial charge in [-0.15, -0.1) is 11.3 Å². The Hall–Kier alpha value is -1.40. The number of thiazole rings is 1. The summed E-state index contributed by atoms with van der Waals surface area (Å²) in [6.07, 6.45) is 1.75. The average molecular weight is 332 g/mol. The van der Waals surface area contributed by atoms with Gasteiger partial charge in [-0.3, -0.25) is 0 Å². The lowest BCUT2D eigenvalue weighted by Gasteiger charge is -2.16. The summed E-state index contributed by atoms with van der Waals surface area (Å²) in [5, 5.41) is 3.85. The maximum atomic E-state index is 13.6. The van der Waals surface area contributed by atoms with E-state index in [1.807, 2.05) is 0 Å². The number of halogens is 3. The van der Waals surface area contributed by atoms with E-state index in [1.165, 1.54) is 11.3 Å².